The smallest absolute Gasteiger partial charge is 0.306 e. The van der Waals surface area contributed by atoms with Crippen molar-refractivity contribution in [2.45, 2.75) is 32.1 Å². The molecular weight excluding hydrogens is 272 g/mol. The standard InChI is InChI=1S/C7H6N4O.C7H12O2/c8-7(12)5-4-9-6-2-1-3-10-11(5)6;8-7(9)6-4-2-1-3-5-6/h1-4H,(H2,8,12);6H,1-5H2,(H,8,9). The average Bonchev–Trinajstić information content (AvgIpc) is 2.93. The zero-order chi connectivity index (χ0) is 15.2. The molecule has 0 unspecified atom stereocenters. The molecule has 2 aromatic heterocycles. The van der Waals surface area contributed by atoms with Crippen LogP contribution >= 0.6 is 0 Å². The van der Waals surface area contributed by atoms with Crippen LogP contribution in [0, 0.1) is 5.92 Å². The lowest BCUT2D eigenvalue weighted by molar-refractivity contribution is -0.142. The summed E-state index contributed by atoms with van der Waals surface area (Å²) in [6.07, 6.45) is 8.22. The van der Waals surface area contributed by atoms with Gasteiger partial charge in [-0.25, -0.2) is 9.50 Å². The quantitative estimate of drug-likeness (QED) is 0.870. The molecule has 1 saturated carbocycles. The molecule has 0 atom stereocenters. The summed E-state index contributed by atoms with van der Waals surface area (Å²) in [5.74, 6) is -1.16. The molecule has 0 saturated heterocycles. The summed E-state index contributed by atoms with van der Waals surface area (Å²) < 4.78 is 1.41. The molecule has 0 radical (unpaired) electrons. The fraction of sp³-hybridized carbons (Fsp3) is 0.429. The first-order valence-corrected chi connectivity index (χ1v) is 6.91. The molecule has 2 aromatic rings. The maximum Gasteiger partial charge on any atom is 0.306 e. The summed E-state index contributed by atoms with van der Waals surface area (Å²) in [6.45, 7) is 0. The molecule has 1 fully saturated rings. The van der Waals surface area contributed by atoms with E-state index in [0.717, 1.165) is 25.7 Å². The summed E-state index contributed by atoms with van der Waals surface area (Å²) in [4.78, 5) is 25.1. The summed E-state index contributed by atoms with van der Waals surface area (Å²) >= 11 is 0. The van der Waals surface area contributed by atoms with Crippen LogP contribution in [0.4, 0.5) is 0 Å². The monoisotopic (exact) mass is 290 g/mol. The van der Waals surface area contributed by atoms with Gasteiger partial charge >= 0.3 is 5.97 Å². The Morgan fingerprint density at radius 3 is 2.57 bits per heavy atom. The van der Waals surface area contributed by atoms with Gasteiger partial charge in [-0.2, -0.15) is 5.10 Å². The Bertz CT molecular complexity index is 632. The first kappa shape index (κ1) is 15.0. The molecular formula is C14H18N4O3. The second-order valence-corrected chi connectivity index (χ2v) is 4.97. The number of imidazole rings is 1. The van der Waals surface area contributed by atoms with Crippen LogP contribution < -0.4 is 5.73 Å². The molecule has 1 aliphatic carbocycles. The molecule has 0 spiro atoms. The van der Waals surface area contributed by atoms with Gasteiger partial charge in [0.25, 0.3) is 5.91 Å². The van der Waals surface area contributed by atoms with Crippen LogP contribution in [-0.4, -0.2) is 31.6 Å². The van der Waals surface area contributed by atoms with Crippen molar-refractivity contribution < 1.29 is 14.7 Å². The fourth-order valence-electron chi connectivity index (χ4n) is 2.35. The molecule has 112 valence electrons. The first-order valence-electron chi connectivity index (χ1n) is 6.91. The lowest BCUT2D eigenvalue weighted by Crippen LogP contribution is -2.16. The number of carboxylic acid groups (broad SMARTS) is 1. The van der Waals surface area contributed by atoms with Crippen molar-refractivity contribution in [2.75, 3.05) is 0 Å². The van der Waals surface area contributed by atoms with Crippen LogP contribution in [0.2, 0.25) is 0 Å². The van der Waals surface area contributed by atoms with Gasteiger partial charge < -0.3 is 10.8 Å². The third-order valence-electron chi connectivity index (χ3n) is 3.48. The van der Waals surface area contributed by atoms with Gasteiger partial charge in [0.2, 0.25) is 0 Å². The van der Waals surface area contributed by atoms with Gasteiger partial charge in [-0.1, -0.05) is 19.3 Å². The molecule has 2 heterocycles. The van der Waals surface area contributed by atoms with E-state index < -0.39 is 11.9 Å². The Balaban J connectivity index is 0.000000161. The van der Waals surface area contributed by atoms with E-state index in [-0.39, 0.29) is 5.92 Å². The number of aromatic nitrogens is 3. The van der Waals surface area contributed by atoms with Crippen LogP contribution in [0.25, 0.3) is 5.65 Å². The van der Waals surface area contributed by atoms with Crippen LogP contribution in [0.1, 0.15) is 42.6 Å². The first-order chi connectivity index (χ1) is 10.1. The SMILES string of the molecule is NC(=O)c1cnc2cccnn12.O=C(O)C1CCCCC1. The largest absolute Gasteiger partial charge is 0.481 e. The molecule has 21 heavy (non-hydrogen) atoms. The van der Waals surface area contributed by atoms with E-state index in [4.69, 9.17) is 10.8 Å². The minimum absolute atomic E-state index is 0.0289. The second-order valence-electron chi connectivity index (χ2n) is 4.97. The normalized spacial score (nSPS) is 15.2. The number of primary amides is 1. The third-order valence-corrected chi connectivity index (χ3v) is 3.48. The number of nitrogens with two attached hydrogens (primary N) is 1. The van der Waals surface area contributed by atoms with Crippen molar-refractivity contribution in [3.05, 3.63) is 30.2 Å². The minimum atomic E-state index is -0.602. The summed E-state index contributed by atoms with van der Waals surface area (Å²) in [5, 5.41) is 12.5. The summed E-state index contributed by atoms with van der Waals surface area (Å²) in [7, 11) is 0. The highest BCUT2D eigenvalue weighted by molar-refractivity contribution is 5.91. The van der Waals surface area contributed by atoms with E-state index in [9.17, 15) is 9.59 Å². The highest BCUT2D eigenvalue weighted by Crippen LogP contribution is 2.23. The lowest BCUT2D eigenvalue weighted by Gasteiger charge is -2.16. The van der Waals surface area contributed by atoms with Crippen molar-refractivity contribution >= 4 is 17.5 Å². The molecule has 7 heteroatoms. The van der Waals surface area contributed by atoms with Gasteiger partial charge in [-0.15, -0.1) is 0 Å². The van der Waals surface area contributed by atoms with Crippen LogP contribution in [0.3, 0.4) is 0 Å². The number of aliphatic carboxylic acids is 1. The predicted octanol–water partition coefficient (Wildman–Crippen LogP) is 1.48. The van der Waals surface area contributed by atoms with Gasteiger partial charge in [-0.05, 0) is 25.0 Å². The van der Waals surface area contributed by atoms with Gasteiger partial charge in [-0.3, -0.25) is 9.59 Å². The Morgan fingerprint density at radius 2 is 2.00 bits per heavy atom. The number of carboxylic acids is 1. The summed E-state index contributed by atoms with van der Waals surface area (Å²) in [6, 6.07) is 3.49. The van der Waals surface area contributed by atoms with Crippen molar-refractivity contribution in [2.24, 2.45) is 11.7 Å². The zero-order valence-electron chi connectivity index (χ0n) is 11.6. The highest BCUT2D eigenvalue weighted by atomic mass is 16.4. The number of amides is 1. The van der Waals surface area contributed by atoms with Gasteiger partial charge in [0.15, 0.2) is 5.65 Å². The van der Waals surface area contributed by atoms with Crippen LogP contribution in [0.5, 0.6) is 0 Å². The molecule has 0 aromatic carbocycles. The number of hydrogen-bond donors (Lipinski definition) is 2. The maximum absolute atomic E-state index is 10.8. The summed E-state index contributed by atoms with van der Waals surface area (Å²) in [5.41, 5.74) is 6.00. The average molecular weight is 290 g/mol. The number of hydrogen-bond acceptors (Lipinski definition) is 4. The van der Waals surface area contributed by atoms with E-state index in [1.165, 1.54) is 17.1 Å². The van der Waals surface area contributed by atoms with Gasteiger partial charge in [0, 0.05) is 6.20 Å². The molecule has 0 aliphatic heterocycles. The van der Waals surface area contributed by atoms with E-state index in [1.807, 2.05) is 0 Å². The van der Waals surface area contributed by atoms with Crippen molar-refractivity contribution in [1.82, 2.24) is 14.6 Å². The van der Waals surface area contributed by atoms with E-state index in [2.05, 4.69) is 10.1 Å². The zero-order valence-corrected chi connectivity index (χ0v) is 11.6. The van der Waals surface area contributed by atoms with Crippen molar-refractivity contribution in [3.8, 4) is 0 Å². The van der Waals surface area contributed by atoms with E-state index >= 15 is 0 Å². The Hall–Kier alpha value is -2.44. The van der Waals surface area contributed by atoms with Gasteiger partial charge in [0.05, 0.1) is 12.1 Å². The van der Waals surface area contributed by atoms with Gasteiger partial charge in [0.1, 0.15) is 5.69 Å². The fourth-order valence-corrected chi connectivity index (χ4v) is 2.35. The van der Waals surface area contributed by atoms with Crippen molar-refractivity contribution in [1.29, 1.82) is 0 Å². The Morgan fingerprint density at radius 1 is 1.29 bits per heavy atom. The molecule has 1 aliphatic rings. The maximum atomic E-state index is 10.8. The number of fused-ring (bicyclic) bond motifs is 1. The number of nitrogens with zero attached hydrogens (tertiary/aromatic N) is 3. The molecule has 7 nitrogen and oxygen atoms in total. The van der Waals surface area contributed by atoms with Crippen molar-refractivity contribution in [3.63, 3.8) is 0 Å². The molecule has 1 amide bonds. The molecule has 0 bridgehead atoms. The Labute approximate surface area is 121 Å². The number of carbonyl (C=O) groups excluding carboxylic acids is 1. The topological polar surface area (TPSA) is 111 Å². The van der Waals surface area contributed by atoms with E-state index in [1.54, 1.807) is 18.3 Å². The second kappa shape index (κ2) is 6.83. The third kappa shape index (κ3) is 3.77. The Kier molecular flexibility index (Phi) is 4.86. The van der Waals surface area contributed by atoms with Crippen LogP contribution in [0.15, 0.2) is 24.5 Å². The lowest BCUT2D eigenvalue weighted by atomic mass is 9.90. The van der Waals surface area contributed by atoms with E-state index in [0.29, 0.717) is 11.3 Å². The molecule has 3 N–H and O–H groups in total. The minimum Gasteiger partial charge on any atom is -0.481 e. The number of carbonyl (C=O) groups is 2. The molecule has 3 rings (SSSR count). The number of rotatable bonds is 2. The highest BCUT2D eigenvalue weighted by Gasteiger charge is 2.19. The predicted molar refractivity (Wildman–Crippen MR) is 75.7 cm³/mol. The van der Waals surface area contributed by atoms with Crippen LogP contribution in [-0.2, 0) is 4.79 Å².